The normalized spacial score (nSPS) is 16.0. The number of hydrogen-bond acceptors (Lipinski definition) is 3. The molecule has 0 saturated heterocycles. The van der Waals surface area contributed by atoms with Crippen molar-refractivity contribution in [2.24, 2.45) is 0 Å². The molecule has 152 valence electrons. The highest BCUT2D eigenvalue weighted by Crippen LogP contribution is 2.32. The van der Waals surface area contributed by atoms with E-state index in [9.17, 15) is 14.0 Å². The van der Waals surface area contributed by atoms with Gasteiger partial charge in [-0.3, -0.25) is 9.59 Å². The minimum Gasteiger partial charge on any atom is -0.333 e. The standard InChI is InChI=1S/C23H21FN4O2/c1-13-8-16-17(9-18(13)24)22(29)26-19-10-25-11-20(21(16)19)27(2)23(30)14-5-6-15-4-3-7-28(15)12-14/h3-9,12,20,25H,10-11H2,1-2H3,(H,26,29). The van der Waals surface area contributed by atoms with E-state index in [2.05, 4.69) is 10.3 Å². The van der Waals surface area contributed by atoms with Crippen LogP contribution in [-0.4, -0.2) is 33.8 Å². The quantitative estimate of drug-likeness (QED) is 0.539. The summed E-state index contributed by atoms with van der Waals surface area (Å²) in [5.41, 5.74) is 3.33. The van der Waals surface area contributed by atoms with Crippen LogP contribution in [0.2, 0.25) is 0 Å². The minimum absolute atomic E-state index is 0.122. The van der Waals surface area contributed by atoms with Gasteiger partial charge in [-0.05, 0) is 54.3 Å². The van der Waals surface area contributed by atoms with Gasteiger partial charge in [0.15, 0.2) is 0 Å². The van der Waals surface area contributed by atoms with Crippen molar-refractivity contribution in [3.8, 4) is 0 Å². The second kappa shape index (κ2) is 6.81. The fourth-order valence-electron chi connectivity index (χ4n) is 4.32. The van der Waals surface area contributed by atoms with E-state index < -0.39 is 5.82 Å². The summed E-state index contributed by atoms with van der Waals surface area (Å²) in [4.78, 5) is 30.4. The van der Waals surface area contributed by atoms with Crippen molar-refractivity contribution in [3.63, 3.8) is 0 Å². The Bertz CT molecular complexity index is 1370. The van der Waals surface area contributed by atoms with Gasteiger partial charge in [0.1, 0.15) is 5.82 Å². The van der Waals surface area contributed by atoms with Gasteiger partial charge >= 0.3 is 0 Å². The second-order valence-corrected chi connectivity index (χ2v) is 7.81. The lowest BCUT2D eigenvalue weighted by Crippen LogP contribution is -2.42. The molecule has 4 heterocycles. The lowest BCUT2D eigenvalue weighted by atomic mass is 9.92. The van der Waals surface area contributed by atoms with Crippen LogP contribution in [0.15, 0.2) is 53.6 Å². The molecule has 3 aromatic heterocycles. The summed E-state index contributed by atoms with van der Waals surface area (Å²) in [7, 11) is 1.76. The summed E-state index contributed by atoms with van der Waals surface area (Å²) >= 11 is 0. The van der Waals surface area contributed by atoms with Crippen molar-refractivity contribution in [1.82, 2.24) is 19.6 Å². The molecule has 1 atom stereocenters. The highest BCUT2D eigenvalue weighted by atomic mass is 19.1. The molecule has 30 heavy (non-hydrogen) atoms. The van der Waals surface area contributed by atoms with Crippen molar-refractivity contribution in [3.05, 3.63) is 87.3 Å². The molecule has 0 fully saturated rings. The van der Waals surface area contributed by atoms with Crippen LogP contribution < -0.4 is 10.9 Å². The number of likely N-dealkylation sites (N-methyl/N-ethyl adjacent to an activating group) is 1. The maximum atomic E-state index is 14.1. The Labute approximate surface area is 171 Å². The molecule has 7 heteroatoms. The molecule has 0 bridgehead atoms. The lowest BCUT2D eigenvalue weighted by Gasteiger charge is -2.34. The molecular formula is C23H21FN4O2. The molecule has 6 nitrogen and oxygen atoms in total. The Balaban J connectivity index is 1.62. The molecule has 0 spiro atoms. The fraction of sp³-hybridized carbons (Fsp3) is 0.217. The number of H-pyrrole nitrogens is 1. The van der Waals surface area contributed by atoms with Gasteiger partial charge in [0.2, 0.25) is 0 Å². The number of nitrogens with one attached hydrogen (secondary N) is 2. The first kappa shape index (κ1) is 18.6. The Morgan fingerprint density at radius 2 is 2.07 bits per heavy atom. The molecule has 5 rings (SSSR count). The van der Waals surface area contributed by atoms with Gasteiger partial charge in [-0.1, -0.05) is 0 Å². The number of nitrogens with zero attached hydrogens (tertiary/aromatic N) is 2. The van der Waals surface area contributed by atoms with Crippen LogP contribution in [0.5, 0.6) is 0 Å². The number of amides is 1. The summed E-state index contributed by atoms with van der Waals surface area (Å²) in [6.45, 7) is 2.71. The largest absolute Gasteiger partial charge is 0.333 e. The molecule has 1 amide bonds. The molecule has 2 N–H and O–H groups in total. The Kier molecular flexibility index (Phi) is 4.22. The van der Waals surface area contributed by atoms with Crippen LogP contribution in [-0.2, 0) is 6.54 Å². The zero-order valence-electron chi connectivity index (χ0n) is 16.7. The van der Waals surface area contributed by atoms with E-state index in [0.29, 0.717) is 35.0 Å². The number of aryl methyl sites for hydroxylation is 1. The Hall–Kier alpha value is -3.45. The third-order valence-corrected chi connectivity index (χ3v) is 5.95. The van der Waals surface area contributed by atoms with Crippen molar-refractivity contribution in [2.75, 3.05) is 13.6 Å². The van der Waals surface area contributed by atoms with Gasteiger partial charge in [-0.15, -0.1) is 0 Å². The number of rotatable bonds is 2. The van der Waals surface area contributed by atoms with Gasteiger partial charge in [0, 0.05) is 49.3 Å². The number of halogens is 1. The molecule has 0 radical (unpaired) electrons. The predicted molar refractivity (Wildman–Crippen MR) is 113 cm³/mol. The molecule has 1 unspecified atom stereocenters. The number of carbonyl (C=O) groups excluding carboxylic acids is 1. The van der Waals surface area contributed by atoms with Crippen molar-refractivity contribution in [1.29, 1.82) is 0 Å². The summed E-state index contributed by atoms with van der Waals surface area (Å²) in [6, 6.07) is 10.3. The Morgan fingerprint density at radius 1 is 1.23 bits per heavy atom. The van der Waals surface area contributed by atoms with E-state index in [0.717, 1.165) is 16.8 Å². The maximum Gasteiger partial charge on any atom is 0.256 e. The molecule has 1 aliphatic rings. The zero-order valence-corrected chi connectivity index (χ0v) is 16.7. The molecular weight excluding hydrogens is 383 g/mol. The van der Waals surface area contributed by atoms with E-state index in [1.807, 2.05) is 41.1 Å². The van der Waals surface area contributed by atoms with E-state index in [4.69, 9.17) is 0 Å². The van der Waals surface area contributed by atoms with E-state index in [-0.39, 0.29) is 17.5 Å². The van der Waals surface area contributed by atoms with Crippen LogP contribution in [0.1, 0.15) is 33.2 Å². The Morgan fingerprint density at radius 3 is 2.90 bits per heavy atom. The van der Waals surface area contributed by atoms with E-state index in [1.54, 1.807) is 24.9 Å². The van der Waals surface area contributed by atoms with Crippen LogP contribution in [0.3, 0.4) is 0 Å². The first-order valence-electron chi connectivity index (χ1n) is 9.83. The number of aromatic amines is 1. The van der Waals surface area contributed by atoms with Gasteiger partial charge in [-0.2, -0.15) is 0 Å². The van der Waals surface area contributed by atoms with Crippen molar-refractivity contribution < 1.29 is 9.18 Å². The fourth-order valence-corrected chi connectivity index (χ4v) is 4.32. The number of aromatic nitrogens is 2. The van der Waals surface area contributed by atoms with Crippen LogP contribution in [0, 0.1) is 12.7 Å². The maximum absolute atomic E-state index is 14.1. The lowest BCUT2D eigenvalue weighted by molar-refractivity contribution is 0.0722. The number of pyridine rings is 2. The third-order valence-electron chi connectivity index (χ3n) is 5.95. The average molecular weight is 404 g/mol. The minimum atomic E-state index is -0.414. The highest BCUT2D eigenvalue weighted by molar-refractivity contribution is 5.95. The van der Waals surface area contributed by atoms with Crippen LogP contribution in [0.25, 0.3) is 16.3 Å². The summed E-state index contributed by atoms with van der Waals surface area (Å²) in [5.74, 6) is -0.536. The van der Waals surface area contributed by atoms with Gasteiger partial charge < -0.3 is 19.6 Å². The van der Waals surface area contributed by atoms with Gasteiger partial charge in [0.05, 0.1) is 17.0 Å². The molecule has 1 aliphatic heterocycles. The van der Waals surface area contributed by atoms with Crippen LogP contribution in [0.4, 0.5) is 4.39 Å². The van der Waals surface area contributed by atoms with E-state index >= 15 is 0 Å². The SMILES string of the molecule is Cc1cc2c3c([nH]c(=O)c2cc1F)CNCC3N(C)C(=O)c1ccc2cccn2c1. The first-order chi connectivity index (χ1) is 14.4. The summed E-state index contributed by atoms with van der Waals surface area (Å²) in [6.07, 6.45) is 3.72. The van der Waals surface area contributed by atoms with Gasteiger partial charge in [0.25, 0.3) is 11.5 Å². The zero-order chi connectivity index (χ0) is 21.0. The number of benzene rings is 1. The van der Waals surface area contributed by atoms with Crippen molar-refractivity contribution >= 4 is 22.2 Å². The predicted octanol–water partition coefficient (Wildman–Crippen LogP) is 3.14. The molecule has 1 aromatic carbocycles. The smallest absolute Gasteiger partial charge is 0.256 e. The number of carbonyl (C=O) groups is 1. The average Bonchev–Trinajstić information content (AvgIpc) is 3.21. The molecule has 0 saturated carbocycles. The second-order valence-electron chi connectivity index (χ2n) is 7.81. The third kappa shape index (κ3) is 2.81. The first-order valence-corrected chi connectivity index (χ1v) is 9.83. The van der Waals surface area contributed by atoms with Crippen molar-refractivity contribution in [2.45, 2.75) is 19.5 Å². The number of fused-ring (bicyclic) bond motifs is 4. The van der Waals surface area contributed by atoms with Crippen LogP contribution >= 0.6 is 0 Å². The summed E-state index contributed by atoms with van der Waals surface area (Å²) in [5, 5.41) is 4.28. The molecule has 0 aliphatic carbocycles. The highest BCUT2D eigenvalue weighted by Gasteiger charge is 2.30. The molecule has 4 aromatic rings. The van der Waals surface area contributed by atoms with E-state index in [1.165, 1.54) is 6.07 Å². The monoisotopic (exact) mass is 404 g/mol. The summed E-state index contributed by atoms with van der Waals surface area (Å²) < 4.78 is 16.0. The number of hydrogen-bond donors (Lipinski definition) is 2. The van der Waals surface area contributed by atoms with Gasteiger partial charge in [-0.25, -0.2) is 4.39 Å². The topological polar surface area (TPSA) is 69.6 Å².